The molecular weight excluding hydrogens is 426 g/mol. The third-order valence-corrected chi connectivity index (χ3v) is 6.82. The summed E-state index contributed by atoms with van der Waals surface area (Å²) < 4.78 is 2.19. The van der Waals surface area contributed by atoms with E-state index in [2.05, 4.69) is 121 Å². The predicted octanol–water partition coefficient (Wildman–Crippen LogP) is 8.05. The molecule has 1 aromatic heterocycles. The number of hydrogen-bond acceptors (Lipinski definition) is 2. The minimum Gasteiger partial charge on any atom is -0.275 e. The monoisotopic (exact) mass is 453 g/mol. The van der Waals surface area contributed by atoms with Crippen LogP contribution in [0.4, 0.5) is 0 Å². The van der Waals surface area contributed by atoms with E-state index in [-0.39, 0.29) is 0 Å². The summed E-state index contributed by atoms with van der Waals surface area (Å²) in [5, 5.41) is 11.8. The number of nitrogens with zero attached hydrogens (tertiary/aromatic N) is 3. The Morgan fingerprint density at radius 3 is 2.26 bits per heavy atom. The van der Waals surface area contributed by atoms with E-state index in [1.54, 1.807) is 0 Å². The summed E-state index contributed by atoms with van der Waals surface area (Å²) in [4.78, 5) is 0. The molecule has 5 aromatic rings. The maximum atomic E-state index is 4.74. The summed E-state index contributed by atoms with van der Waals surface area (Å²) in [6.45, 7) is 2.18. The molecule has 0 saturated carbocycles. The highest BCUT2D eigenvalue weighted by molar-refractivity contribution is 5.95. The van der Waals surface area contributed by atoms with Gasteiger partial charge in [-0.05, 0) is 58.9 Å². The Morgan fingerprint density at radius 2 is 1.49 bits per heavy atom. The van der Waals surface area contributed by atoms with Crippen molar-refractivity contribution in [3.8, 4) is 28.5 Å². The lowest BCUT2D eigenvalue weighted by atomic mass is 9.96. The van der Waals surface area contributed by atoms with Crippen LogP contribution >= 0.6 is 0 Å². The van der Waals surface area contributed by atoms with E-state index in [1.165, 1.54) is 27.5 Å². The summed E-state index contributed by atoms with van der Waals surface area (Å²) in [5.74, 6) is 1.70. The van der Waals surface area contributed by atoms with Crippen molar-refractivity contribution < 1.29 is 0 Å². The Hall–Kier alpha value is -4.24. The Labute approximate surface area is 206 Å². The van der Waals surface area contributed by atoms with Crippen molar-refractivity contribution in [3.05, 3.63) is 120 Å². The van der Waals surface area contributed by atoms with Crippen molar-refractivity contribution in [2.75, 3.05) is 0 Å². The lowest BCUT2D eigenvalue weighted by Gasteiger charge is -2.14. The first kappa shape index (κ1) is 21.3. The molecule has 4 aromatic carbocycles. The van der Waals surface area contributed by atoms with Gasteiger partial charge in [0.1, 0.15) is 0 Å². The SMILES string of the molecule is CCc1ccc(-n2c(-c3ccc(C4=CC=CCC4)cc3)nnc2-c2cccc3ccccc23)cc1. The van der Waals surface area contributed by atoms with E-state index in [0.29, 0.717) is 0 Å². The van der Waals surface area contributed by atoms with E-state index in [9.17, 15) is 0 Å². The zero-order valence-corrected chi connectivity index (χ0v) is 19.9. The maximum absolute atomic E-state index is 4.74. The van der Waals surface area contributed by atoms with Crippen molar-refractivity contribution in [1.29, 1.82) is 0 Å². The topological polar surface area (TPSA) is 30.7 Å². The molecule has 0 unspecified atom stereocenters. The van der Waals surface area contributed by atoms with Gasteiger partial charge < -0.3 is 0 Å². The highest BCUT2D eigenvalue weighted by Gasteiger charge is 2.19. The van der Waals surface area contributed by atoms with Crippen LogP contribution in [0, 0.1) is 0 Å². The van der Waals surface area contributed by atoms with Crippen molar-refractivity contribution in [2.45, 2.75) is 26.2 Å². The Morgan fingerprint density at radius 1 is 0.743 bits per heavy atom. The largest absolute Gasteiger partial charge is 0.275 e. The lowest BCUT2D eigenvalue weighted by Crippen LogP contribution is -2.01. The Balaban J connectivity index is 1.52. The van der Waals surface area contributed by atoms with Gasteiger partial charge in [-0.2, -0.15) is 0 Å². The fourth-order valence-corrected chi connectivity index (χ4v) is 4.87. The van der Waals surface area contributed by atoms with Crippen molar-refractivity contribution in [3.63, 3.8) is 0 Å². The van der Waals surface area contributed by atoms with E-state index in [0.717, 1.165) is 47.7 Å². The van der Waals surface area contributed by atoms with Gasteiger partial charge in [0, 0.05) is 16.8 Å². The van der Waals surface area contributed by atoms with Crippen molar-refractivity contribution in [2.24, 2.45) is 0 Å². The molecule has 0 amide bonds. The van der Waals surface area contributed by atoms with Gasteiger partial charge >= 0.3 is 0 Å². The quantitative estimate of drug-likeness (QED) is 0.269. The van der Waals surface area contributed by atoms with Crippen LogP contribution in [-0.2, 0) is 6.42 Å². The maximum Gasteiger partial charge on any atom is 0.169 e. The predicted molar refractivity (Wildman–Crippen MR) is 145 cm³/mol. The molecule has 0 fully saturated rings. The van der Waals surface area contributed by atoms with Gasteiger partial charge in [0.25, 0.3) is 0 Å². The molecule has 35 heavy (non-hydrogen) atoms. The molecule has 0 spiro atoms. The van der Waals surface area contributed by atoms with Crippen LogP contribution < -0.4 is 0 Å². The highest BCUT2D eigenvalue weighted by Crippen LogP contribution is 2.33. The molecule has 1 aliphatic rings. The van der Waals surface area contributed by atoms with Crippen molar-refractivity contribution >= 4 is 16.3 Å². The van der Waals surface area contributed by atoms with Crippen LogP contribution in [0.1, 0.15) is 30.9 Å². The molecular formula is C32H27N3. The number of hydrogen-bond donors (Lipinski definition) is 0. The van der Waals surface area contributed by atoms with Crippen LogP contribution in [0.25, 0.3) is 44.8 Å². The lowest BCUT2D eigenvalue weighted by molar-refractivity contribution is 1.05. The van der Waals surface area contributed by atoms with E-state index < -0.39 is 0 Å². The molecule has 3 heteroatoms. The van der Waals surface area contributed by atoms with Crippen LogP contribution in [0.15, 0.2) is 109 Å². The summed E-state index contributed by atoms with van der Waals surface area (Å²) in [6.07, 6.45) is 9.79. The first-order chi connectivity index (χ1) is 17.3. The van der Waals surface area contributed by atoms with Crippen LogP contribution in [0.5, 0.6) is 0 Å². The Bertz CT molecular complexity index is 1550. The van der Waals surface area contributed by atoms with E-state index >= 15 is 0 Å². The second-order valence-electron chi connectivity index (χ2n) is 8.97. The molecule has 3 nitrogen and oxygen atoms in total. The van der Waals surface area contributed by atoms with Gasteiger partial charge in [-0.3, -0.25) is 4.57 Å². The van der Waals surface area contributed by atoms with Gasteiger partial charge in [-0.25, -0.2) is 0 Å². The zero-order valence-electron chi connectivity index (χ0n) is 19.9. The number of allylic oxidation sites excluding steroid dienone is 4. The Kier molecular flexibility index (Phi) is 5.59. The second kappa shape index (κ2) is 9.19. The molecule has 1 heterocycles. The molecule has 1 aliphatic carbocycles. The second-order valence-corrected chi connectivity index (χ2v) is 8.97. The molecule has 170 valence electrons. The third-order valence-electron chi connectivity index (χ3n) is 6.82. The highest BCUT2D eigenvalue weighted by atomic mass is 15.3. The minimum atomic E-state index is 0.848. The molecule has 0 saturated heterocycles. The van der Waals surface area contributed by atoms with Crippen LogP contribution in [0.2, 0.25) is 0 Å². The number of aryl methyl sites for hydroxylation is 1. The molecule has 0 atom stereocenters. The standard InChI is InChI=1S/C32H27N3/c1-2-23-15-21-28(22-16-23)35-31(27-19-17-25(18-20-27)24-9-4-3-5-10-24)33-34-32(35)30-14-8-12-26-11-6-7-13-29(26)30/h3-4,6-9,11-22H,2,5,10H2,1H3. The summed E-state index contributed by atoms with van der Waals surface area (Å²) in [6, 6.07) is 32.3. The van der Waals surface area contributed by atoms with Gasteiger partial charge in [-0.15, -0.1) is 10.2 Å². The van der Waals surface area contributed by atoms with E-state index in [1.807, 2.05) is 0 Å². The van der Waals surface area contributed by atoms with Crippen LogP contribution in [-0.4, -0.2) is 14.8 Å². The third kappa shape index (κ3) is 4.00. The summed E-state index contributed by atoms with van der Waals surface area (Å²) >= 11 is 0. The fourth-order valence-electron chi connectivity index (χ4n) is 4.87. The summed E-state index contributed by atoms with van der Waals surface area (Å²) in [7, 11) is 0. The average molecular weight is 454 g/mol. The number of aromatic nitrogens is 3. The van der Waals surface area contributed by atoms with Gasteiger partial charge in [-0.1, -0.05) is 104 Å². The van der Waals surface area contributed by atoms with Gasteiger partial charge in [0.2, 0.25) is 0 Å². The smallest absolute Gasteiger partial charge is 0.169 e. The molecule has 6 rings (SSSR count). The van der Waals surface area contributed by atoms with E-state index in [4.69, 9.17) is 10.2 Å². The molecule has 0 aliphatic heterocycles. The summed E-state index contributed by atoms with van der Waals surface area (Å²) in [5.41, 5.74) is 7.16. The molecule has 0 radical (unpaired) electrons. The van der Waals surface area contributed by atoms with Gasteiger partial charge in [0.15, 0.2) is 11.6 Å². The molecule has 0 N–H and O–H groups in total. The zero-order chi connectivity index (χ0) is 23.6. The minimum absolute atomic E-state index is 0.848. The average Bonchev–Trinajstić information content (AvgIpc) is 3.38. The molecule has 0 bridgehead atoms. The van der Waals surface area contributed by atoms with Crippen LogP contribution in [0.3, 0.4) is 0 Å². The normalized spacial score (nSPS) is 13.2. The number of fused-ring (bicyclic) bond motifs is 1. The number of rotatable bonds is 5. The van der Waals surface area contributed by atoms with Crippen molar-refractivity contribution in [1.82, 2.24) is 14.8 Å². The first-order valence-corrected chi connectivity index (χ1v) is 12.3. The van der Waals surface area contributed by atoms with Gasteiger partial charge in [0.05, 0.1) is 0 Å². The number of benzene rings is 4. The fraction of sp³-hybridized carbons (Fsp3) is 0.125. The first-order valence-electron chi connectivity index (χ1n) is 12.3.